The Kier molecular flexibility index (Phi) is 5.63. The molecule has 3 heterocycles. The molecule has 4 rings (SSSR count). The van der Waals surface area contributed by atoms with Crippen LogP contribution in [-0.4, -0.2) is 42.8 Å². The van der Waals surface area contributed by atoms with Crippen LogP contribution in [0.5, 0.6) is 0 Å². The van der Waals surface area contributed by atoms with Crippen LogP contribution in [0.3, 0.4) is 0 Å². The lowest BCUT2D eigenvalue weighted by Crippen LogP contribution is -2.36. The third-order valence-electron chi connectivity index (χ3n) is 5.45. The van der Waals surface area contributed by atoms with Gasteiger partial charge in [-0.15, -0.1) is 0 Å². The van der Waals surface area contributed by atoms with E-state index in [9.17, 15) is 18.0 Å². The fourth-order valence-corrected chi connectivity index (χ4v) is 5.86. The zero-order valence-corrected chi connectivity index (χ0v) is 18.3. The Morgan fingerprint density at radius 2 is 1.79 bits per heavy atom. The fourth-order valence-electron chi connectivity index (χ4n) is 3.91. The first-order chi connectivity index (χ1) is 13.9. The topological polar surface area (TPSA) is 79.7 Å². The van der Waals surface area contributed by atoms with Crippen molar-refractivity contribution in [3.8, 4) is 0 Å². The van der Waals surface area contributed by atoms with Gasteiger partial charge in [-0.05, 0) is 65.0 Å². The van der Waals surface area contributed by atoms with Gasteiger partial charge in [0.25, 0.3) is 5.56 Å². The van der Waals surface area contributed by atoms with E-state index < -0.39 is 10.0 Å². The largest absolute Gasteiger partial charge is 0.310 e. The van der Waals surface area contributed by atoms with E-state index in [1.54, 1.807) is 39.7 Å². The number of pyridine rings is 1. The molecule has 0 saturated carbocycles. The molecule has 0 spiro atoms. The SMILES string of the molecule is O=C(Cn1cc(Br)ccc1=O)N1CCc2cc(S(=O)(=O)N3CCCCC3)ccc21. The summed E-state index contributed by atoms with van der Waals surface area (Å²) >= 11 is 3.31. The number of sulfonamides is 1. The molecule has 2 aliphatic heterocycles. The van der Waals surface area contributed by atoms with Gasteiger partial charge >= 0.3 is 0 Å². The third kappa shape index (κ3) is 4.04. The van der Waals surface area contributed by atoms with E-state index in [1.807, 2.05) is 0 Å². The quantitative estimate of drug-likeness (QED) is 0.673. The van der Waals surface area contributed by atoms with E-state index in [0.29, 0.717) is 26.1 Å². The van der Waals surface area contributed by atoms with Crippen molar-refractivity contribution in [2.24, 2.45) is 0 Å². The lowest BCUT2D eigenvalue weighted by atomic mass is 10.2. The van der Waals surface area contributed by atoms with Gasteiger partial charge in [-0.2, -0.15) is 4.31 Å². The smallest absolute Gasteiger partial charge is 0.251 e. The average Bonchev–Trinajstić information content (AvgIpc) is 3.15. The number of nitrogens with zero attached hydrogens (tertiary/aromatic N) is 3. The van der Waals surface area contributed by atoms with Gasteiger partial charge in [-0.1, -0.05) is 6.42 Å². The number of anilines is 1. The minimum absolute atomic E-state index is 0.0639. The molecule has 1 aromatic carbocycles. The van der Waals surface area contributed by atoms with Crippen LogP contribution in [0.4, 0.5) is 5.69 Å². The number of carbonyl (C=O) groups excluding carboxylic acids is 1. The highest BCUT2D eigenvalue weighted by Gasteiger charge is 2.30. The Morgan fingerprint density at radius 1 is 1.03 bits per heavy atom. The zero-order chi connectivity index (χ0) is 20.6. The van der Waals surface area contributed by atoms with Crippen LogP contribution in [0.25, 0.3) is 0 Å². The van der Waals surface area contributed by atoms with Crippen molar-refractivity contribution >= 4 is 37.5 Å². The van der Waals surface area contributed by atoms with Crippen molar-refractivity contribution in [2.75, 3.05) is 24.5 Å². The monoisotopic (exact) mass is 479 g/mol. The van der Waals surface area contributed by atoms with Gasteiger partial charge in [0.15, 0.2) is 0 Å². The Labute approximate surface area is 178 Å². The molecule has 0 radical (unpaired) electrons. The molecular formula is C20H22BrN3O4S. The van der Waals surface area contributed by atoms with Crippen LogP contribution >= 0.6 is 15.9 Å². The summed E-state index contributed by atoms with van der Waals surface area (Å²) in [7, 11) is -3.50. The van der Waals surface area contributed by atoms with Gasteiger partial charge in [0, 0.05) is 42.1 Å². The van der Waals surface area contributed by atoms with Crippen molar-refractivity contribution in [1.29, 1.82) is 0 Å². The third-order valence-corrected chi connectivity index (χ3v) is 7.82. The normalized spacial score (nSPS) is 17.3. The molecule has 0 atom stereocenters. The average molecular weight is 480 g/mol. The molecule has 2 aliphatic rings. The van der Waals surface area contributed by atoms with Gasteiger partial charge in [-0.3, -0.25) is 9.59 Å². The van der Waals surface area contributed by atoms with Crippen molar-refractivity contribution in [2.45, 2.75) is 37.1 Å². The standard InChI is InChI=1S/C20H22BrN3O4S/c21-16-4-7-19(25)22(13-16)14-20(26)24-11-8-15-12-17(5-6-18(15)24)29(27,28)23-9-2-1-3-10-23/h4-7,12-13H,1-3,8-11,14H2. The summed E-state index contributed by atoms with van der Waals surface area (Å²) in [6.45, 7) is 1.53. The molecule has 1 amide bonds. The molecule has 154 valence electrons. The van der Waals surface area contributed by atoms with Crippen LogP contribution in [0.15, 0.2) is 50.7 Å². The number of piperidine rings is 1. The second kappa shape index (κ2) is 8.04. The summed E-state index contributed by atoms with van der Waals surface area (Å²) in [5, 5.41) is 0. The highest BCUT2D eigenvalue weighted by Crippen LogP contribution is 2.32. The molecule has 0 aliphatic carbocycles. The number of fused-ring (bicyclic) bond motifs is 1. The Hall–Kier alpha value is -1.97. The van der Waals surface area contributed by atoms with Crippen LogP contribution in [-0.2, 0) is 27.8 Å². The number of aromatic nitrogens is 1. The van der Waals surface area contributed by atoms with Crippen molar-refractivity contribution < 1.29 is 13.2 Å². The maximum absolute atomic E-state index is 12.9. The van der Waals surface area contributed by atoms with Gasteiger partial charge in [0.2, 0.25) is 15.9 Å². The summed E-state index contributed by atoms with van der Waals surface area (Å²) in [6.07, 6.45) is 5.03. The van der Waals surface area contributed by atoms with E-state index in [0.717, 1.165) is 35.0 Å². The van der Waals surface area contributed by atoms with Crippen LogP contribution in [0, 0.1) is 0 Å². The molecule has 0 bridgehead atoms. The predicted molar refractivity (Wildman–Crippen MR) is 114 cm³/mol. The number of benzene rings is 1. The van der Waals surface area contributed by atoms with Gasteiger partial charge in [0.05, 0.1) is 4.90 Å². The summed E-state index contributed by atoms with van der Waals surface area (Å²) in [6, 6.07) is 8.03. The number of hydrogen-bond acceptors (Lipinski definition) is 4. The lowest BCUT2D eigenvalue weighted by Gasteiger charge is -2.26. The number of halogens is 1. The maximum atomic E-state index is 12.9. The van der Waals surface area contributed by atoms with E-state index in [4.69, 9.17) is 0 Å². The van der Waals surface area contributed by atoms with Gasteiger partial charge < -0.3 is 9.47 Å². The molecule has 0 N–H and O–H groups in total. The first-order valence-corrected chi connectivity index (χ1v) is 11.9. The van der Waals surface area contributed by atoms with Crippen molar-refractivity contribution in [3.63, 3.8) is 0 Å². The molecule has 2 aromatic rings. The minimum Gasteiger partial charge on any atom is -0.310 e. The number of amides is 1. The summed E-state index contributed by atoms with van der Waals surface area (Å²) in [5.74, 6) is -0.199. The Balaban J connectivity index is 1.56. The Morgan fingerprint density at radius 3 is 2.55 bits per heavy atom. The van der Waals surface area contributed by atoms with E-state index >= 15 is 0 Å². The molecular weight excluding hydrogens is 458 g/mol. The van der Waals surface area contributed by atoms with E-state index in [-0.39, 0.29) is 22.9 Å². The minimum atomic E-state index is -3.50. The van der Waals surface area contributed by atoms with Crippen LogP contribution < -0.4 is 10.5 Å². The van der Waals surface area contributed by atoms with Crippen molar-refractivity contribution in [3.05, 3.63) is 56.9 Å². The fraction of sp³-hybridized carbons (Fsp3) is 0.400. The van der Waals surface area contributed by atoms with Gasteiger partial charge in [-0.25, -0.2) is 8.42 Å². The molecule has 1 aromatic heterocycles. The van der Waals surface area contributed by atoms with E-state index in [1.165, 1.54) is 10.6 Å². The second-order valence-corrected chi connectivity index (χ2v) is 10.2. The zero-order valence-electron chi connectivity index (χ0n) is 15.9. The molecule has 7 nitrogen and oxygen atoms in total. The van der Waals surface area contributed by atoms with Crippen LogP contribution in [0.2, 0.25) is 0 Å². The maximum Gasteiger partial charge on any atom is 0.251 e. The molecule has 1 fully saturated rings. The molecule has 0 unspecified atom stereocenters. The van der Waals surface area contributed by atoms with Crippen molar-refractivity contribution in [1.82, 2.24) is 8.87 Å². The summed E-state index contributed by atoms with van der Waals surface area (Å²) < 4.78 is 29.5. The van der Waals surface area contributed by atoms with Gasteiger partial charge in [0.1, 0.15) is 6.54 Å². The lowest BCUT2D eigenvalue weighted by molar-refractivity contribution is -0.119. The second-order valence-electron chi connectivity index (χ2n) is 7.36. The first-order valence-electron chi connectivity index (χ1n) is 9.66. The molecule has 29 heavy (non-hydrogen) atoms. The molecule has 1 saturated heterocycles. The Bertz CT molecular complexity index is 1110. The first kappa shape index (κ1) is 20.3. The number of carbonyl (C=O) groups is 1. The highest BCUT2D eigenvalue weighted by atomic mass is 79.9. The number of hydrogen-bond donors (Lipinski definition) is 0. The molecule has 9 heteroatoms. The summed E-state index contributed by atoms with van der Waals surface area (Å²) in [5.41, 5.74) is 1.32. The summed E-state index contributed by atoms with van der Waals surface area (Å²) in [4.78, 5) is 26.7. The highest BCUT2D eigenvalue weighted by molar-refractivity contribution is 9.10. The number of rotatable bonds is 4. The van der Waals surface area contributed by atoms with E-state index in [2.05, 4.69) is 15.9 Å². The van der Waals surface area contributed by atoms with Crippen LogP contribution in [0.1, 0.15) is 24.8 Å². The predicted octanol–water partition coefficient (Wildman–Crippen LogP) is 2.37.